The van der Waals surface area contributed by atoms with Crippen LogP contribution in [0.2, 0.25) is 0 Å². The topological polar surface area (TPSA) is 66.4 Å². The van der Waals surface area contributed by atoms with E-state index in [0.717, 1.165) is 12.1 Å². The zero-order valence-electron chi connectivity index (χ0n) is 11.7. The Morgan fingerprint density at radius 1 is 1.09 bits per heavy atom. The molecule has 1 aromatic rings. The fraction of sp³-hybridized carbons (Fsp3) is 0.467. The average Bonchev–Trinajstić information content (AvgIpc) is 2.46. The first-order chi connectivity index (χ1) is 10.3. The Hall–Kier alpha value is -2.05. The lowest BCUT2D eigenvalue weighted by Crippen LogP contribution is -2.29. The summed E-state index contributed by atoms with van der Waals surface area (Å²) in [5.74, 6) is -2.01. The second-order valence-electron chi connectivity index (χ2n) is 5.45. The van der Waals surface area contributed by atoms with Crippen molar-refractivity contribution < 1.29 is 27.9 Å². The molecular weight excluding hydrogens is 299 g/mol. The van der Waals surface area contributed by atoms with Crippen LogP contribution in [0.1, 0.15) is 31.2 Å². The van der Waals surface area contributed by atoms with Crippen molar-refractivity contribution in [1.82, 2.24) is 0 Å². The smallest absolute Gasteiger partial charge is 0.416 e. The highest BCUT2D eigenvalue weighted by Gasteiger charge is 2.32. The molecule has 1 fully saturated rings. The van der Waals surface area contributed by atoms with E-state index in [4.69, 9.17) is 5.11 Å². The molecule has 0 aromatic heterocycles. The number of anilines is 1. The van der Waals surface area contributed by atoms with Crippen molar-refractivity contribution in [2.75, 3.05) is 5.32 Å². The lowest BCUT2D eigenvalue weighted by Gasteiger charge is -2.25. The molecule has 120 valence electrons. The van der Waals surface area contributed by atoms with Crippen molar-refractivity contribution >= 4 is 17.6 Å². The number of hydrogen-bond donors (Lipinski definition) is 2. The SMILES string of the molecule is O=C(O)C1CCC(C(=O)Nc2cccc(C(F)(F)F)c2)CC1. The summed E-state index contributed by atoms with van der Waals surface area (Å²) in [6.07, 6.45) is -2.77. The molecule has 1 aliphatic rings. The van der Waals surface area contributed by atoms with Gasteiger partial charge in [-0.25, -0.2) is 0 Å². The molecule has 2 rings (SSSR count). The molecule has 0 spiro atoms. The van der Waals surface area contributed by atoms with Crippen LogP contribution in [0.5, 0.6) is 0 Å². The Morgan fingerprint density at radius 2 is 1.68 bits per heavy atom. The molecule has 0 bridgehead atoms. The summed E-state index contributed by atoms with van der Waals surface area (Å²) < 4.78 is 37.8. The van der Waals surface area contributed by atoms with E-state index < -0.39 is 23.6 Å². The molecule has 0 heterocycles. The molecular formula is C15H16F3NO3. The van der Waals surface area contributed by atoms with Crippen molar-refractivity contribution in [2.45, 2.75) is 31.9 Å². The van der Waals surface area contributed by atoms with Crippen LogP contribution >= 0.6 is 0 Å². The van der Waals surface area contributed by atoms with Crippen molar-refractivity contribution in [3.05, 3.63) is 29.8 Å². The standard InChI is InChI=1S/C15H16F3NO3/c16-15(17,18)11-2-1-3-12(8-11)19-13(20)9-4-6-10(7-5-9)14(21)22/h1-3,8-10H,4-7H2,(H,19,20)(H,21,22). The van der Waals surface area contributed by atoms with Gasteiger partial charge in [0.05, 0.1) is 11.5 Å². The summed E-state index contributed by atoms with van der Waals surface area (Å²) in [5.41, 5.74) is -0.722. The van der Waals surface area contributed by atoms with Gasteiger partial charge < -0.3 is 10.4 Å². The summed E-state index contributed by atoms with van der Waals surface area (Å²) in [6.45, 7) is 0. The maximum atomic E-state index is 12.6. The molecule has 0 radical (unpaired) electrons. The van der Waals surface area contributed by atoms with Gasteiger partial charge in [-0.15, -0.1) is 0 Å². The molecule has 1 aromatic carbocycles. The van der Waals surface area contributed by atoms with E-state index in [9.17, 15) is 22.8 Å². The van der Waals surface area contributed by atoms with E-state index in [-0.39, 0.29) is 17.5 Å². The van der Waals surface area contributed by atoms with Gasteiger partial charge >= 0.3 is 12.1 Å². The molecule has 1 saturated carbocycles. The molecule has 0 atom stereocenters. The Balaban J connectivity index is 1.97. The highest BCUT2D eigenvalue weighted by Crippen LogP contribution is 2.32. The number of benzene rings is 1. The van der Waals surface area contributed by atoms with Gasteiger partial charge in [0.2, 0.25) is 5.91 Å². The zero-order chi connectivity index (χ0) is 16.3. The zero-order valence-corrected chi connectivity index (χ0v) is 11.7. The van der Waals surface area contributed by atoms with E-state index in [2.05, 4.69) is 5.32 Å². The molecule has 22 heavy (non-hydrogen) atoms. The maximum Gasteiger partial charge on any atom is 0.416 e. The Morgan fingerprint density at radius 3 is 2.23 bits per heavy atom. The molecule has 0 saturated heterocycles. The van der Waals surface area contributed by atoms with Crippen LogP contribution in [0.15, 0.2) is 24.3 Å². The van der Waals surface area contributed by atoms with Crippen LogP contribution in [0, 0.1) is 11.8 Å². The van der Waals surface area contributed by atoms with E-state index in [1.165, 1.54) is 12.1 Å². The van der Waals surface area contributed by atoms with Crippen LogP contribution in [-0.4, -0.2) is 17.0 Å². The lowest BCUT2D eigenvalue weighted by molar-refractivity contribution is -0.143. The van der Waals surface area contributed by atoms with Gasteiger partial charge in [-0.2, -0.15) is 13.2 Å². The first-order valence-electron chi connectivity index (χ1n) is 6.98. The summed E-state index contributed by atoms with van der Waals surface area (Å²) in [5, 5.41) is 11.4. The first-order valence-corrected chi connectivity index (χ1v) is 6.98. The lowest BCUT2D eigenvalue weighted by atomic mass is 9.81. The van der Waals surface area contributed by atoms with Crippen molar-refractivity contribution in [1.29, 1.82) is 0 Å². The monoisotopic (exact) mass is 315 g/mol. The number of aliphatic carboxylic acids is 1. The number of carbonyl (C=O) groups is 2. The van der Waals surface area contributed by atoms with E-state index >= 15 is 0 Å². The fourth-order valence-corrected chi connectivity index (χ4v) is 2.62. The van der Waals surface area contributed by atoms with Gasteiger partial charge in [-0.05, 0) is 43.9 Å². The number of carbonyl (C=O) groups excluding carboxylic acids is 1. The largest absolute Gasteiger partial charge is 0.481 e. The van der Waals surface area contributed by atoms with Gasteiger partial charge in [0.1, 0.15) is 0 Å². The molecule has 2 N–H and O–H groups in total. The van der Waals surface area contributed by atoms with Crippen molar-refractivity contribution in [3.8, 4) is 0 Å². The molecule has 1 aliphatic carbocycles. The molecule has 1 amide bonds. The number of nitrogens with one attached hydrogen (secondary N) is 1. The predicted molar refractivity (Wildman–Crippen MR) is 73.2 cm³/mol. The molecule has 4 nitrogen and oxygen atoms in total. The van der Waals surface area contributed by atoms with Gasteiger partial charge in [0.25, 0.3) is 0 Å². The molecule has 0 aliphatic heterocycles. The maximum absolute atomic E-state index is 12.6. The quantitative estimate of drug-likeness (QED) is 0.896. The molecule has 0 unspecified atom stereocenters. The summed E-state index contributed by atoms with van der Waals surface area (Å²) in [6, 6.07) is 4.46. The summed E-state index contributed by atoms with van der Waals surface area (Å²) >= 11 is 0. The average molecular weight is 315 g/mol. The summed E-state index contributed by atoms with van der Waals surface area (Å²) in [4.78, 5) is 22.9. The third-order valence-electron chi connectivity index (χ3n) is 3.90. The summed E-state index contributed by atoms with van der Waals surface area (Å²) in [7, 11) is 0. The van der Waals surface area contributed by atoms with E-state index in [0.29, 0.717) is 25.7 Å². The fourth-order valence-electron chi connectivity index (χ4n) is 2.62. The highest BCUT2D eigenvalue weighted by molar-refractivity contribution is 5.92. The Labute approximate surface area is 125 Å². The number of carboxylic acids is 1. The number of halogens is 3. The minimum absolute atomic E-state index is 0.0974. The van der Waals surface area contributed by atoms with Gasteiger partial charge in [0, 0.05) is 11.6 Å². The van der Waals surface area contributed by atoms with Crippen LogP contribution < -0.4 is 5.32 Å². The minimum atomic E-state index is -4.46. The number of hydrogen-bond acceptors (Lipinski definition) is 2. The third kappa shape index (κ3) is 3.99. The highest BCUT2D eigenvalue weighted by atomic mass is 19.4. The van der Waals surface area contributed by atoms with Crippen molar-refractivity contribution in [2.24, 2.45) is 11.8 Å². The molecule has 7 heteroatoms. The second-order valence-corrected chi connectivity index (χ2v) is 5.45. The normalized spacial score (nSPS) is 22.1. The van der Waals surface area contributed by atoms with Crippen LogP contribution in [0.4, 0.5) is 18.9 Å². The number of carboxylic acid groups (broad SMARTS) is 1. The van der Waals surface area contributed by atoms with Crippen molar-refractivity contribution in [3.63, 3.8) is 0 Å². The van der Waals surface area contributed by atoms with Gasteiger partial charge in [0.15, 0.2) is 0 Å². The number of rotatable bonds is 3. The van der Waals surface area contributed by atoms with Gasteiger partial charge in [-0.3, -0.25) is 9.59 Å². The Kier molecular flexibility index (Phi) is 4.73. The number of amides is 1. The minimum Gasteiger partial charge on any atom is -0.481 e. The van der Waals surface area contributed by atoms with E-state index in [1.807, 2.05) is 0 Å². The first kappa shape index (κ1) is 16.3. The van der Waals surface area contributed by atoms with Crippen LogP contribution in [0.25, 0.3) is 0 Å². The van der Waals surface area contributed by atoms with E-state index in [1.54, 1.807) is 0 Å². The number of alkyl halides is 3. The Bertz CT molecular complexity index is 563. The third-order valence-corrected chi connectivity index (χ3v) is 3.90. The van der Waals surface area contributed by atoms with Crippen LogP contribution in [0.3, 0.4) is 0 Å². The van der Waals surface area contributed by atoms with Crippen LogP contribution in [-0.2, 0) is 15.8 Å². The second kappa shape index (κ2) is 6.37. The predicted octanol–water partition coefficient (Wildman–Crippen LogP) is 3.53. The van der Waals surface area contributed by atoms with Gasteiger partial charge in [-0.1, -0.05) is 6.07 Å².